The van der Waals surface area contributed by atoms with Crippen molar-refractivity contribution in [2.75, 3.05) is 6.61 Å². The number of alkyl halides is 3. The summed E-state index contributed by atoms with van der Waals surface area (Å²) in [4.78, 5) is 12.4. The van der Waals surface area contributed by atoms with Gasteiger partial charge >= 0.3 is 12.3 Å². The third-order valence-corrected chi connectivity index (χ3v) is 5.21. The molecular weight excluding hydrogens is 478 g/mol. The summed E-state index contributed by atoms with van der Waals surface area (Å²) in [5, 5.41) is 6.48. The van der Waals surface area contributed by atoms with Gasteiger partial charge in [-0.15, -0.1) is 0 Å². The molecule has 3 aromatic rings. The lowest BCUT2D eigenvalue weighted by Crippen LogP contribution is -2.52. The van der Waals surface area contributed by atoms with Crippen LogP contribution >= 0.6 is 0 Å². The number of hydrogen-bond acceptors (Lipinski definition) is 4. The van der Waals surface area contributed by atoms with Crippen molar-refractivity contribution in [2.24, 2.45) is 5.92 Å². The lowest BCUT2D eigenvalue weighted by molar-refractivity contribution is -0.141. The Morgan fingerprint density at radius 1 is 1.08 bits per heavy atom. The van der Waals surface area contributed by atoms with E-state index in [1.165, 1.54) is 18.2 Å². The topological polar surface area (TPSA) is 64.9 Å². The van der Waals surface area contributed by atoms with Crippen LogP contribution in [0.4, 0.5) is 22.4 Å². The highest BCUT2D eigenvalue weighted by Crippen LogP contribution is 2.32. The number of aromatic nitrogens is 2. The maximum atomic E-state index is 15.0. The van der Waals surface area contributed by atoms with Gasteiger partial charge in [-0.1, -0.05) is 19.9 Å². The quantitative estimate of drug-likeness (QED) is 0.353. The molecule has 6 nitrogen and oxygen atoms in total. The first kappa shape index (κ1) is 27.3. The summed E-state index contributed by atoms with van der Waals surface area (Å²) < 4.78 is 66.6. The minimum absolute atomic E-state index is 0.0234. The van der Waals surface area contributed by atoms with Crippen molar-refractivity contribution in [3.63, 3.8) is 0 Å². The number of pyridine rings is 1. The van der Waals surface area contributed by atoms with Crippen molar-refractivity contribution in [3.05, 3.63) is 54.0 Å². The second kappa shape index (κ2) is 9.99. The number of nitrogens with one attached hydrogen (secondary N) is 1. The van der Waals surface area contributed by atoms with Crippen LogP contribution in [-0.4, -0.2) is 33.5 Å². The number of alkyl carbamates (subject to hydrolysis) is 1. The molecule has 0 aliphatic rings. The fourth-order valence-electron chi connectivity index (χ4n) is 3.98. The Bertz CT molecular complexity index is 1230. The Morgan fingerprint density at radius 2 is 1.78 bits per heavy atom. The van der Waals surface area contributed by atoms with E-state index < -0.39 is 34.9 Å². The number of hydrogen-bond donors (Lipinski definition) is 1. The zero-order valence-corrected chi connectivity index (χ0v) is 21.2. The molecule has 2 aromatic heterocycles. The molecule has 0 saturated heterocycles. The van der Waals surface area contributed by atoms with Crippen LogP contribution in [-0.2, 0) is 10.9 Å². The summed E-state index contributed by atoms with van der Waals surface area (Å²) in [6.07, 6.45) is -4.65. The number of amides is 1. The minimum atomic E-state index is -4.60. The van der Waals surface area contributed by atoms with Gasteiger partial charge in [0.05, 0.1) is 16.7 Å². The molecule has 2 heterocycles. The lowest BCUT2D eigenvalue weighted by atomic mass is 9.91. The standard InChI is InChI=1S/C26H31F4N3O3/c1-16(2)14-25(6,31-23(34)36-24(3,4)5)15-35-21-11-10-17(12-19(21)27)20-9-7-8-18-13-22(26(28,29)30)32-33(18)20/h7-13,16H,14-15H2,1-6H3,(H,31,34)/t25-/m0/s1. The van der Waals surface area contributed by atoms with Crippen molar-refractivity contribution in [1.82, 2.24) is 14.9 Å². The number of carbonyl (C=O) groups is 1. The number of carbonyl (C=O) groups excluding carboxylic acids is 1. The minimum Gasteiger partial charge on any atom is -0.488 e. The van der Waals surface area contributed by atoms with Crippen LogP contribution in [0.15, 0.2) is 42.5 Å². The normalized spacial score (nSPS) is 14.1. The summed E-state index contributed by atoms with van der Waals surface area (Å²) in [7, 11) is 0. The van der Waals surface area contributed by atoms with Gasteiger partial charge in [-0.25, -0.2) is 13.7 Å². The third-order valence-electron chi connectivity index (χ3n) is 5.21. The molecule has 0 spiro atoms. The van der Waals surface area contributed by atoms with Crippen LogP contribution in [0.5, 0.6) is 5.75 Å². The first-order valence-electron chi connectivity index (χ1n) is 11.6. The van der Waals surface area contributed by atoms with Crippen LogP contribution < -0.4 is 10.1 Å². The molecule has 0 fully saturated rings. The Balaban J connectivity index is 1.82. The molecule has 1 N–H and O–H groups in total. The van der Waals surface area contributed by atoms with Crippen molar-refractivity contribution in [2.45, 2.75) is 65.3 Å². The fourth-order valence-corrected chi connectivity index (χ4v) is 3.98. The molecule has 1 amide bonds. The number of rotatable bonds is 7. The molecule has 1 atom stereocenters. The number of halogens is 4. The first-order chi connectivity index (χ1) is 16.6. The maximum absolute atomic E-state index is 15.0. The molecule has 0 aliphatic heterocycles. The summed E-state index contributed by atoms with van der Waals surface area (Å²) in [6, 6.07) is 9.69. The van der Waals surface area contributed by atoms with Gasteiger partial charge in [-0.3, -0.25) is 0 Å². The smallest absolute Gasteiger partial charge is 0.435 e. The molecule has 0 bridgehead atoms. The average Bonchev–Trinajstić information content (AvgIpc) is 3.15. The van der Waals surface area contributed by atoms with Crippen LogP contribution in [0.2, 0.25) is 0 Å². The summed E-state index contributed by atoms with van der Waals surface area (Å²) in [5.41, 5.74) is -1.68. The first-order valence-corrected chi connectivity index (χ1v) is 11.6. The van der Waals surface area contributed by atoms with E-state index in [0.717, 1.165) is 10.6 Å². The van der Waals surface area contributed by atoms with Crippen LogP contribution in [0.1, 0.15) is 53.7 Å². The molecule has 0 radical (unpaired) electrons. The number of fused-ring (bicyclic) bond motifs is 1. The van der Waals surface area contributed by atoms with Crippen molar-refractivity contribution in [3.8, 4) is 17.0 Å². The molecule has 196 valence electrons. The lowest BCUT2D eigenvalue weighted by Gasteiger charge is -2.33. The zero-order valence-electron chi connectivity index (χ0n) is 21.2. The van der Waals surface area contributed by atoms with E-state index in [9.17, 15) is 18.0 Å². The maximum Gasteiger partial charge on any atom is 0.435 e. The van der Waals surface area contributed by atoms with Gasteiger partial charge in [-0.05, 0) is 76.4 Å². The Kier molecular flexibility index (Phi) is 7.57. The van der Waals surface area contributed by atoms with Crippen LogP contribution in [0.3, 0.4) is 0 Å². The molecule has 0 unspecified atom stereocenters. The molecular formula is C26H31F4N3O3. The summed E-state index contributed by atoms with van der Waals surface area (Å²) in [6.45, 7) is 11.0. The monoisotopic (exact) mass is 509 g/mol. The summed E-state index contributed by atoms with van der Waals surface area (Å²) in [5.74, 6) is -0.544. The molecule has 1 aromatic carbocycles. The van der Waals surface area contributed by atoms with E-state index in [2.05, 4.69) is 10.4 Å². The van der Waals surface area contributed by atoms with Gasteiger partial charge < -0.3 is 14.8 Å². The van der Waals surface area contributed by atoms with E-state index in [1.54, 1.807) is 45.9 Å². The SMILES string of the molecule is CC(C)C[C@@](C)(COc1ccc(-c2cccc3cc(C(F)(F)F)nn23)cc1F)NC(=O)OC(C)(C)C. The molecule has 3 rings (SSSR count). The molecule has 10 heteroatoms. The zero-order chi connectivity index (χ0) is 26.9. The van der Waals surface area contributed by atoms with Gasteiger partial charge in [0.2, 0.25) is 0 Å². The predicted octanol–water partition coefficient (Wildman–Crippen LogP) is 6.87. The Morgan fingerprint density at radius 3 is 2.36 bits per heavy atom. The average molecular weight is 510 g/mol. The van der Waals surface area contributed by atoms with Gasteiger partial charge in [0.1, 0.15) is 12.2 Å². The van der Waals surface area contributed by atoms with Gasteiger partial charge in [-0.2, -0.15) is 18.3 Å². The van der Waals surface area contributed by atoms with E-state index >= 15 is 4.39 Å². The van der Waals surface area contributed by atoms with E-state index in [0.29, 0.717) is 17.7 Å². The van der Waals surface area contributed by atoms with Crippen LogP contribution in [0.25, 0.3) is 16.8 Å². The number of nitrogens with zero attached hydrogens (tertiary/aromatic N) is 2. The highest BCUT2D eigenvalue weighted by Gasteiger charge is 2.34. The highest BCUT2D eigenvalue weighted by atomic mass is 19.4. The highest BCUT2D eigenvalue weighted by molar-refractivity contribution is 5.69. The van der Waals surface area contributed by atoms with Crippen molar-refractivity contribution < 1.29 is 31.8 Å². The molecule has 0 aliphatic carbocycles. The van der Waals surface area contributed by atoms with E-state index in [1.807, 2.05) is 13.8 Å². The van der Waals surface area contributed by atoms with E-state index in [4.69, 9.17) is 9.47 Å². The number of ether oxygens (including phenoxy) is 2. The largest absolute Gasteiger partial charge is 0.488 e. The van der Waals surface area contributed by atoms with Gasteiger partial charge in [0.25, 0.3) is 0 Å². The summed E-state index contributed by atoms with van der Waals surface area (Å²) >= 11 is 0. The number of benzene rings is 1. The second-order valence-electron chi connectivity index (χ2n) is 10.5. The van der Waals surface area contributed by atoms with E-state index in [-0.39, 0.29) is 23.8 Å². The second-order valence-corrected chi connectivity index (χ2v) is 10.5. The predicted molar refractivity (Wildman–Crippen MR) is 128 cm³/mol. The van der Waals surface area contributed by atoms with Crippen LogP contribution in [0, 0.1) is 11.7 Å². The Hall–Kier alpha value is -3.30. The molecule has 0 saturated carbocycles. The van der Waals surface area contributed by atoms with Crippen molar-refractivity contribution >= 4 is 11.6 Å². The molecule has 36 heavy (non-hydrogen) atoms. The van der Waals surface area contributed by atoms with Crippen molar-refractivity contribution in [1.29, 1.82) is 0 Å². The van der Waals surface area contributed by atoms with Gasteiger partial charge in [0, 0.05) is 5.56 Å². The Labute approximate surface area is 207 Å². The fraction of sp³-hybridized carbons (Fsp3) is 0.462. The third kappa shape index (κ3) is 6.89. The van der Waals surface area contributed by atoms with Gasteiger partial charge in [0.15, 0.2) is 17.3 Å².